The maximum atomic E-state index is 13.1. The van der Waals surface area contributed by atoms with Crippen LogP contribution >= 0.6 is 0 Å². The van der Waals surface area contributed by atoms with Crippen LogP contribution in [0.4, 0.5) is 5.69 Å². The highest BCUT2D eigenvalue weighted by atomic mass is 16.5. The zero-order valence-corrected chi connectivity index (χ0v) is 17.5. The van der Waals surface area contributed by atoms with Crippen molar-refractivity contribution >= 4 is 11.6 Å². The number of nitrogens with zero attached hydrogens (tertiary/aromatic N) is 2. The number of para-hydroxylation sites is 3. The summed E-state index contributed by atoms with van der Waals surface area (Å²) in [6.45, 7) is 0. The van der Waals surface area contributed by atoms with Gasteiger partial charge in [-0.1, -0.05) is 53.7 Å². The summed E-state index contributed by atoms with van der Waals surface area (Å²) in [7, 11) is 0. The molecule has 0 unspecified atom stereocenters. The summed E-state index contributed by atoms with van der Waals surface area (Å²) in [5.74, 6) is 2.16. The highest BCUT2D eigenvalue weighted by Crippen LogP contribution is 2.27. The van der Waals surface area contributed by atoms with Crippen molar-refractivity contribution in [2.75, 3.05) is 5.32 Å². The lowest BCUT2D eigenvalue weighted by molar-refractivity contribution is 0.102. The minimum Gasteiger partial charge on any atom is -0.461 e. The molecule has 1 amide bonds. The van der Waals surface area contributed by atoms with Crippen LogP contribution in [0.2, 0.25) is 0 Å². The number of hydrogen-bond donors (Lipinski definition) is 1. The normalized spacial score (nSPS) is 10.7. The van der Waals surface area contributed by atoms with Crippen molar-refractivity contribution in [1.82, 2.24) is 10.1 Å². The Labute approximate surface area is 189 Å². The molecule has 7 nitrogen and oxygen atoms in total. The van der Waals surface area contributed by atoms with Gasteiger partial charge in [0.05, 0.1) is 18.2 Å². The molecule has 5 rings (SSSR count). The third-order valence-electron chi connectivity index (χ3n) is 4.92. The number of anilines is 1. The summed E-state index contributed by atoms with van der Waals surface area (Å²) >= 11 is 0. The van der Waals surface area contributed by atoms with Crippen LogP contribution in [0.3, 0.4) is 0 Å². The molecule has 0 fully saturated rings. The number of amides is 1. The number of hydrogen-bond acceptors (Lipinski definition) is 6. The second kappa shape index (κ2) is 9.23. The molecule has 7 heteroatoms. The van der Waals surface area contributed by atoms with Crippen LogP contribution in [0.15, 0.2) is 106 Å². The van der Waals surface area contributed by atoms with Gasteiger partial charge in [-0.25, -0.2) is 0 Å². The van der Waals surface area contributed by atoms with Gasteiger partial charge >= 0.3 is 0 Å². The Bertz CT molecular complexity index is 1360. The van der Waals surface area contributed by atoms with Gasteiger partial charge in [0.1, 0.15) is 11.5 Å². The highest BCUT2D eigenvalue weighted by Gasteiger charge is 2.17. The third kappa shape index (κ3) is 4.67. The number of carbonyl (C=O) groups excluding carboxylic acids is 1. The molecule has 0 saturated heterocycles. The predicted octanol–water partition coefficient (Wildman–Crippen LogP) is 5.97. The van der Waals surface area contributed by atoms with Crippen LogP contribution in [0.1, 0.15) is 21.8 Å². The van der Waals surface area contributed by atoms with Crippen molar-refractivity contribution in [1.29, 1.82) is 0 Å². The molecular weight excluding hydrogens is 418 g/mol. The molecule has 0 spiro atoms. The molecule has 0 aliphatic rings. The molecule has 0 saturated carbocycles. The fraction of sp³-hybridized carbons (Fsp3) is 0.0385. The third-order valence-corrected chi connectivity index (χ3v) is 4.92. The van der Waals surface area contributed by atoms with E-state index in [2.05, 4.69) is 15.5 Å². The van der Waals surface area contributed by atoms with Crippen molar-refractivity contribution in [3.05, 3.63) is 114 Å². The number of carbonyl (C=O) groups is 1. The summed E-state index contributed by atoms with van der Waals surface area (Å²) in [6.07, 6.45) is 1.90. The van der Waals surface area contributed by atoms with Crippen LogP contribution in [0.25, 0.3) is 11.6 Å². The van der Waals surface area contributed by atoms with E-state index in [0.717, 1.165) is 5.56 Å². The van der Waals surface area contributed by atoms with Crippen LogP contribution in [0, 0.1) is 0 Å². The van der Waals surface area contributed by atoms with Crippen molar-refractivity contribution in [2.45, 2.75) is 6.42 Å². The van der Waals surface area contributed by atoms with Crippen LogP contribution in [-0.4, -0.2) is 16.0 Å². The molecule has 162 valence electrons. The Morgan fingerprint density at radius 3 is 2.52 bits per heavy atom. The van der Waals surface area contributed by atoms with Gasteiger partial charge < -0.3 is 19.0 Å². The SMILES string of the molecule is O=C(Nc1ccccc1Cc1nc(-c2ccco2)no1)c1ccccc1Oc1ccccc1. The quantitative estimate of drug-likeness (QED) is 0.338. The summed E-state index contributed by atoms with van der Waals surface area (Å²) < 4.78 is 16.6. The van der Waals surface area contributed by atoms with Gasteiger partial charge in [0.15, 0.2) is 5.76 Å². The first kappa shape index (κ1) is 20.3. The Hall–Kier alpha value is -4.65. The smallest absolute Gasteiger partial charge is 0.259 e. The summed E-state index contributed by atoms with van der Waals surface area (Å²) in [4.78, 5) is 17.5. The average Bonchev–Trinajstić information content (AvgIpc) is 3.54. The van der Waals surface area contributed by atoms with E-state index in [0.29, 0.717) is 46.6 Å². The molecule has 3 aromatic carbocycles. The molecule has 0 bridgehead atoms. The first-order valence-electron chi connectivity index (χ1n) is 10.3. The number of aromatic nitrogens is 2. The van der Waals surface area contributed by atoms with Gasteiger partial charge in [-0.15, -0.1) is 0 Å². The summed E-state index contributed by atoms with van der Waals surface area (Å²) in [5, 5.41) is 6.94. The lowest BCUT2D eigenvalue weighted by Gasteiger charge is -2.13. The van der Waals surface area contributed by atoms with Gasteiger partial charge in [-0.05, 0) is 48.0 Å². The Kier molecular flexibility index (Phi) is 5.67. The molecule has 0 atom stereocenters. The summed E-state index contributed by atoms with van der Waals surface area (Å²) in [5.41, 5.74) is 1.91. The van der Waals surface area contributed by atoms with Crippen LogP contribution in [-0.2, 0) is 6.42 Å². The van der Waals surface area contributed by atoms with E-state index >= 15 is 0 Å². The van der Waals surface area contributed by atoms with E-state index in [4.69, 9.17) is 13.7 Å². The fourth-order valence-corrected chi connectivity index (χ4v) is 3.34. The molecular formula is C26H19N3O4. The van der Waals surface area contributed by atoms with Crippen molar-refractivity contribution in [2.24, 2.45) is 0 Å². The molecule has 2 heterocycles. The molecule has 33 heavy (non-hydrogen) atoms. The first-order chi connectivity index (χ1) is 16.3. The van der Waals surface area contributed by atoms with E-state index in [9.17, 15) is 4.79 Å². The largest absolute Gasteiger partial charge is 0.461 e. The van der Waals surface area contributed by atoms with Gasteiger partial charge in [-0.2, -0.15) is 4.98 Å². The average molecular weight is 437 g/mol. The van der Waals surface area contributed by atoms with E-state index < -0.39 is 0 Å². The van der Waals surface area contributed by atoms with Crippen LogP contribution in [0.5, 0.6) is 11.5 Å². The Morgan fingerprint density at radius 2 is 1.67 bits per heavy atom. The number of ether oxygens (including phenoxy) is 1. The van der Waals surface area contributed by atoms with Gasteiger partial charge in [0.2, 0.25) is 11.7 Å². The van der Waals surface area contributed by atoms with Gasteiger partial charge in [0.25, 0.3) is 5.91 Å². The van der Waals surface area contributed by atoms with Crippen molar-refractivity contribution < 1.29 is 18.5 Å². The van der Waals surface area contributed by atoms with E-state index in [1.54, 1.807) is 36.6 Å². The number of nitrogens with one attached hydrogen (secondary N) is 1. The zero-order chi connectivity index (χ0) is 22.5. The standard InChI is InChI=1S/C26H19N3O4/c30-26(20-12-5-7-14-22(20)32-19-10-2-1-3-11-19)27-21-13-6-4-9-18(21)17-24-28-25(29-33-24)23-15-8-16-31-23/h1-16H,17H2,(H,27,30). The first-order valence-corrected chi connectivity index (χ1v) is 10.3. The Morgan fingerprint density at radius 1 is 0.879 bits per heavy atom. The van der Waals surface area contributed by atoms with E-state index in [-0.39, 0.29) is 5.91 Å². The second-order valence-corrected chi connectivity index (χ2v) is 7.19. The lowest BCUT2D eigenvalue weighted by atomic mass is 10.1. The topological polar surface area (TPSA) is 90.4 Å². The monoisotopic (exact) mass is 437 g/mol. The molecule has 0 aliphatic carbocycles. The molecule has 1 N–H and O–H groups in total. The van der Waals surface area contributed by atoms with Gasteiger partial charge in [-0.3, -0.25) is 4.79 Å². The number of rotatable bonds is 7. The van der Waals surface area contributed by atoms with Crippen LogP contribution < -0.4 is 10.1 Å². The van der Waals surface area contributed by atoms with Crippen molar-refractivity contribution in [3.8, 4) is 23.1 Å². The van der Waals surface area contributed by atoms with Crippen molar-refractivity contribution in [3.63, 3.8) is 0 Å². The predicted molar refractivity (Wildman–Crippen MR) is 122 cm³/mol. The zero-order valence-electron chi connectivity index (χ0n) is 17.5. The highest BCUT2D eigenvalue weighted by molar-refractivity contribution is 6.06. The minimum absolute atomic E-state index is 0.282. The molecule has 5 aromatic rings. The number of benzene rings is 3. The number of furan rings is 1. The minimum atomic E-state index is -0.282. The maximum Gasteiger partial charge on any atom is 0.259 e. The fourth-order valence-electron chi connectivity index (χ4n) is 3.34. The lowest BCUT2D eigenvalue weighted by Crippen LogP contribution is -2.14. The molecule has 2 aromatic heterocycles. The Balaban J connectivity index is 1.35. The van der Waals surface area contributed by atoms with E-state index in [1.165, 1.54) is 0 Å². The maximum absolute atomic E-state index is 13.1. The molecule has 0 radical (unpaired) electrons. The second-order valence-electron chi connectivity index (χ2n) is 7.19. The van der Waals surface area contributed by atoms with Gasteiger partial charge in [0, 0.05) is 5.69 Å². The summed E-state index contributed by atoms with van der Waals surface area (Å²) in [6, 6.07) is 27.5. The van der Waals surface area contributed by atoms with E-state index in [1.807, 2.05) is 60.7 Å². The molecule has 0 aliphatic heterocycles.